The van der Waals surface area contributed by atoms with E-state index in [9.17, 15) is 114 Å². The number of nitriles is 5. The second kappa shape index (κ2) is 25.7. The molecule has 0 bridgehead atoms. The van der Waals surface area contributed by atoms with E-state index in [4.69, 9.17) is 45.3 Å². The Morgan fingerprint density at radius 3 is 1.16 bits per heavy atom. The molecule has 0 saturated heterocycles. The number of nitrogens with one attached hydrogen (secondary N) is 4. The van der Waals surface area contributed by atoms with Crippen LogP contribution < -0.4 is 21.3 Å². The molecule has 6 rings (SSSR count). The van der Waals surface area contributed by atoms with Crippen LogP contribution in [0.2, 0.25) is 15.1 Å². The van der Waals surface area contributed by atoms with E-state index in [2.05, 4.69) is 10.6 Å². The Morgan fingerprint density at radius 2 is 0.756 bits per heavy atom. The van der Waals surface area contributed by atoms with Gasteiger partial charge in [0.25, 0.3) is 23.6 Å². The molecule has 0 radical (unpaired) electrons. The van der Waals surface area contributed by atoms with Crippen molar-refractivity contribution in [1.29, 1.82) is 26.3 Å². The lowest BCUT2D eigenvalue weighted by Gasteiger charge is -2.36. The molecule has 0 aromatic heterocycles. The standard InChI is InChI=1S/C28H13ClF9N5O2.C27H12Cl2F10N4O2/c1-13-6-14(10-39)2-5-19(13)24(45)42-21-8-15(3-4-16(21)11-40)23(44)43-22-17(12-41)7-18(9-20(22)29)25(30,27(33,34)35)26(31,32)28(36,37)38;1-11-6-12(9-40)2-4-15(11)22(44)42-20-13(10-41)3-5-16(19(20)30)23(45)43-21-17(28)7-14(8-18(21)29)24(31,26(34,35)36)25(32,33)27(37,38)39/h2-9H,1H3,(H,42,45)(H,43,44);2-8H,1H3,(H,42,44)(H,43,45). The second-order valence-electron chi connectivity index (χ2n) is 18.2. The average Bonchev–Trinajstić information content (AvgIpc) is 0.731. The van der Waals surface area contributed by atoms with Crippen LogP contribution in [0.15, 0.2) is 91.0 Å². The molecule has 4 N–H and O–H groups in total. The van der Waals surface area contributed by atoms with E-state index < -0.39 is 137 Å². The number of hydrogen-bond acceptors (Lipinski definition) is 9. The number of anilines is 4. The highest BCUT2D eigenvalue weighted by atomic mass is 35.5. The summed E-state index contributed by atoms with van der Waals surface area (Å²) in [6, 6.07) is 19.8. The molecule has 0 aliphatic heterocycles. The zero-order chi connectivity index (χ0) is 68.4. The first-order valence-electron chi connectivity index (χ1n) is 23.5. The van der Waals surface area contributed by atoms with E-state index in [1.807, 2.05) is 22.8 Å². The van der Waals surface area contributed by atoms with Crippen LogP contribution in [0.5, 0.6) is 0 Å². The van der Waals surface area contributed by atoms with Crippen molar-refractivity contribution in [3.05, 3.63) is 184 Å². The van der Waals surface area contributed by atoms with Gasteiger partial charge >= 0.3 is 47.9 Å². The molecule has 0 aliphatic carbocycles. The molecule has 2 unspecified atom stereocenters. The third-order valence-electron chi connectivity index (χ3n) is 12.5. The van der Waals surface area contributed by atoms with E-state index in [1.54, 1.807) is 12.1 Å². The quantitative estimate of drug-likeness (QED) is 0.0852. The Labute approximate surface area is 506 Å². The van der Waals surface area contributed by atoms with Crippen molar-refractivity contribution in [2.24, 2.45) is 0 Å². The highest BCUT2D eigenvalue weighted by Crippen LogP contribution is 2.61. The third-order valence-corrected chi connectivity index (χ3v) is 13.4. The van der Waals surface area contributed by atoms with Crippen LogP contribution in [0.25, 0.3) is 0 Å². The Hall–Kier alpha value is -9.81. The molecule has 0 heterocycles. The number of rotatable bonds is 12. The minimum absolute atomic E-state index is 0.0512. The number of carbonyl (C=O) groups is 4. The summed E-state index contributed by atoms with van der Waals surface area (Å²) in [5.74, 6) is -20.0. The summed E-state index contributed by atoms with van der Waals surface area (Å²) < 4.78 is 259. The predicted molar refractivity (Wildman–Crippen MR) is 278 cm³/mol. The minimum atomic E-state index is -7.03. The number of nitrogens with zero attached hydrogens (tertiary/aromatic N) is 5. The fourth-order valence-corrected chi connectivity index (χ4v) is 8.76. The lowest BCUT2D eigenvalue weighted by Crippen LogP contribution is -2.59. The average molecular weight is 1340 g/mol. The molecular formula is C55H25Cl3F19N9O4. The Balaban J connectivity index is 0.000000327. The van der Waals surface area contributed by atoms with E-state index in [0.717, 1.165) is 36.4 Å². The second-order valence-corrected chi connectivity index (χ2v) is 19.4. The minimum Gasteiger partial charge on any atom is -0.321 e. The summed E-state index contributed by atoms with van der Waals surface area (Å²) in [6.45, 7) is 2.98. The normalized spacial score (nSPS) is 13.2. The van der Waals surface area contributed by atoms with Gasteiger partial charge in [0.15, 0.2) is 5.82 Å². The van der Waals surface area contributed by atoms with Crippen molar-refractivity contribution in [3.63, 3.8) is 0 Å². The van der Waals surface area contributed by atoms with Gasteiger partial charge in [0, 0.05) is 27.8 Å². The molecule has 0 fully saturated rings. The Kier molecular flexibility index (Phi) is 20.3. The summed E-state index contributed by atoms with van der Waals surface area (Å²) in [6.07, 6.45) is -27.8. The van der Waals surface area contributed by atoms with Gasteiger partial charge in [-0.05, 0) is 116 Å². The molecule has 0 aliphatic rings. The van der Waals surface area contributed by atoms with Gasteiger partial charge in [-0.1, -0.05) is 34.8 Å². The van der Waals surface area contributed by atoms with Crippen LogP contribution in [0, 0.1) is 76.3 Å². The summed E-state index contributed by atoms with van der Waals surface area (Å²) in [7, 11) is 0. The smallest absolute Gasteiger partial charge is 0.321 e. The number of amides is 4. The number of aryl methyl sites for hydroxylation is 2. The van der Waals surface area contributed by atoms with Gasteiger partial charge in [0.1, 0.15) is 18.2 Å². The SMILES string of the molecule is Cc1cc(C#N)ccc1C(=O)Nc1c(C#N)ccc(C(=O)Nc2c(Cl)cc(C(F)(C(F)(F)F)C(F)(F)C(F)(F)F)cc2Cl)c1F.Cc1cc(C#N)ccc1C(=O)Nc1cc(C(=O)Nc2c(Cl)cc(C(F)(C(F)(F)F)C(F)(F)C(F)(F)F)cc2C#N)ccc1C#N. The topological polar surface area (TPSA) is 235 Å². The van der Waals surface area contributed by atoms with Crippen LogP contribution >= 0.6 is 34.8 Å². The molecule has 4 amide bonds. The number of alkyl halides is 18. The molecule has 6 aromatic carbocycles. The van der Waals surface area contributed by atoms with E-state index in [0.29, 0.717) is 5.56 Å². The largest absolute Gasteiger partial charge is 0.457 e. The van der Waals surface area contributed by atoms with Crippen molar-refractivity contribution in [1.82, 2.24) is 0 Å². The number of carbonyl (C=O) groups excluding carboxylic acids is 4. The van der Waals surface area contributed by atoms with Crippen LogP contribution in [0.1, 0.15) is 91.5 Å². The van der Waals surface area contributed by atoms with Crippen LogP contribution in [0.3, 0.4) is 0 Å². The monoisotopic (exact) mass is 1340 g/mol. The van der Waals surface area contributed by atoms with E-state index in [1.165, 1.54) is 50.2 Å². The number of hydrogen-bond donors (Lipinski definition) is 4. The van der Waals surface area contributed by atoms with Gasteiger partial charge in [-0.15, -0.1) is 0 Å². The van der Waals surface area contributed by atoms with Gasteiger partial charge < -0.3 is 21.3 Å². The lowest BCUT2D eigenvalue weighted by atomic mass is 9.86. The van der Waals surface area contributed by atoms with Crippen LogP contribution in [0.4, 0.5) is 106 Å². The van der Waals surface area contributed by atoms with Crippen molar-refractivity contribution >= 4 is 81.2 Å². The van der Waals surface area contributed by atoms with Gasteiger partial charge in [-0.3, -0.25) is 19.2 Å². The van der Waals surface area contributed by atoms with Crippen molar-refractivity contribution in [2.45, 2.75) is 61.7 Å². The van der Waals surface area contributed by atoms with Gasteiger partial charge in [0.2, 0.25) is 0 Å². The Bertz CT molecular complexity index is 4140. The van der Waals surface area contributed by atoms with Crippen molar-refractivity contribution in [2.75, 3.05) is 21.3 Å². The third kappa shape index (κ3) is 13.4. The summed E-state index contributed by atoms with van der Waals surface area (Å²) in [5.41, 5.74) is -22.4. The van der Waals surface area contributed by atoms with Gasteiger partial charge in [-0.25, -0.2) is 13.2 Å². The highest BCUT2D eigenvalue weighted by Gasteiger charge is 2.83. The molecule has 0 spiro atoms. The number of benzene rings is 6. The molecular weight excluding hydrogens is 1320 g/mol. The Morgan fingerprint density at radius 1 is 0.389 bits per heavy atom. The molecule has 0 saturated carbocycles. The van der Waals surface area contributed by atoms with Crippen LogP contribution in [-0.2, 0) is 11.3 Å². The van der Waals surface area contributed by atoms with Crippen molar-refractivity contribution < 1.29 is 103 Å². The number of halogens is 22. The first kappa shape index (κ1) is 70.9. The van der Waals surface area contributed by atoms with Gasteiger partial charge in [0.05, 0.1) is 83.3 Å². The fourth-order valence-electron chi connectivity index (χ4n) is 7.92. The molecule has 6 aromatic rings. The molecule has 35 heteroatoms. The molecule has 468 valence electrons. The lowest BCUT2D eigenvalue weighted by molar-refractivity contribution is -0.389. The maximum absolute atomic E-state index is 15.5. The first-order valence-corrected chi connectivity index (χ1v) is 24.7. The zero-order valence-electron chi connectivity index (χ0n) is 43.8. The maximum atomic E-state index is 15.5. The highest BCUT2D eigenvalue weighted by molar-refractivity contribution is 6.40. The summed E-state index contributed by atoms with van der Waals surface area (Å²) in [4.78, 5) is 51.5. The molecule has 13 nitrogen and oxygen atoms in total. The van der Waals surface area contributed by atoms with E-state index in [-0.39, 0.29) is 68.9 Å². The summed E-state index contributed by atoms with van der Waals surface area (Å²) in [5, 5.41) is 50.7. The van der Waals surface area contributed by atoms with Crippen molar-refractivity contribution in [3.8, 4) is 30.3 Å². The fraction of sp³-hybridized carbons (Fsp3) is 0.182. The first-order chi connectivity index (χ1) is 41.3. The van der Waals surface area contributed by atoms with E-state index >= 15 is 4.39 Å². The molecule has 2 atom stereocenters. The summed E-state index contributed by atoms with van der Waals surface area (Å²) >= 11 is 17.2. The van der Waals surface area contributed by atoms with Crippen LogP contribution in [-0.4, -0.2) is 60.2 Å². The molecule has 90 heavy (non-hydrogen) atoms. The zero-order valence-corrected chi connectivity index (χ0v) is 46.1. The maximum Gasteiger partial charge on any atom is 0.457 e. The predicted octanol–water partition coefficient (Wildman–Crippen LogP) is 16.3. The van der Waals surface area contributed by atoms with Gasteiger partial charge in [-0.2, -0.15) is 96.6 Å².